The van der Waals surface area contributed by atoms with E-state index in [9.17, 15) is 9.59 Å². The number of unbranched alkanes of at least 4 members (excludes halogenated alkanes) is 1. The Balaban J connectivity index is 1.49. The molecule has 9 heteroatoms. The van der Waals surface area contributed by atoms with Gasteiger partial charge in [0.2, 0.25) is 5.91 Å². The predicted octanol–water partition coefficient (Wildman–Crippen LogP) is 2.94. The van der Waals surface area contributed by atoms with E-state index in [0.29, 0.717) is 49.1 Å². The van der Waals surface area contributed by atoms with Gasteiger partial charge in [0.1, 0.15) is 23.8 Å². The van der Waals surface area contributed by atoms with Crippen LogP contribution in [0.3, 0.4) is 0 Å². The normalized spacial score (nSPS) is 13.8. The summed E-state index contributed by atoms with van der Waals surface area (Å²) in [6, 6.07) is 9.14. The third-order valence-electron chi connectivity index (χ3n) is 5.84. The Morgan fingerprint density at radius 2 is 2.03 bits per heavy atom. The summed E-state index contributed by atoms with van der Waals surface area (Å²) in [5.74, 6) is 1.21. The minimum atomic E-state index is -0.0910. The zero-order valence-corrected chi connectivity index (χ0v) is 19.7. The third-order valence-corrected chi connectivity index (χ3v) is 5.84. The van der Waals surface area contributed by atoms with Gasteiger partial charge in [-0.25, -0.2) is 4.98 Å². The number of hydrogen-bond donors (Lipinski definition) is 1. The van der Waals surface area contributed by atoms with Crippen LogP contribution >= 0.6 is 0 Å². The van der Waals surface area contributed by atoms with Gasteiger partial charge in [-0.2, -0.15) is 5.10 Å². The molecule has 4 rings (SSSR count). The van der Waals surface area contributed by atoms with Crippen molar-refractivity contribution in [1.29, 1.82) is 0 Å². The summed E-state index contributed by atoms with van der Waals surface area (Å²) in [7, 11) is 1.57. The summed E-state index contributed by atoms with van der Waals surface area (Å²) in [4.78, 5) is 31.8. The van der Waals surface area contributed by atoms with Crippen LogP contribution in [0.15, 0.2) is 36.5 Å². The number of benzene rings is 1. The smallest absolute Gasteiger partial charge is 0.244 e. The summed E-state index contributed by atoms with van der Waals surface area (Å²) < 4.78 is 12.5. The number of fused-ring (bicyclic) bond motifs is 1. The maximum Gasteiger partial charge on any atom is 0.244 e. The third kappa shape index (κ3) is 5.72. The molecular formula is C25H31N5O4. The summed E-state index contributed by atoms with van der Waals surface area (Å²) in [5, 5.41) is 8.64. The molecule has 1 aromatic carbocycles. The van der Waals surface area contributed by atoms with Gasteiger partial charge in [-0.15, -0.1) is 0 Å². The van der Waals surface area contributed by atoms with Gasteiger partial charge >= 0.3 is 0 Å². The second kappa shape index (κ2) is 11.1. The molecule has 0 spiro atoms. The molecule has 9 nitrogen and oxygen atoms in total. The summed E-state index contributed by atoms with van der Waals surface area (Å²) in [5.41, 5.74) is 1.88. The predicted molar refractivity (Wildman–Crippen MR) is 129 cm³/mol. The first-order valence-electron chi connectivity index (χ1n) is 11.7. The number of nitrogens with one attached hydrogen (secondary N) is 1. The number of nitrogens with zero attached hydrogens (tertiary/aromatic N) is 4. The Hall–Kier alpha value is -3.46. The van der Waals surface area contributed by atoms with Gasteiger partial charge < -0.3 is 19.7 Å². The molecule has 1 fully saturated rings. The molecule has 180 valence electrons. The molecule has 3 aromatic rings. The minimum absolute atomic E-state index is 0.0111. The molecule has 1 amide bonds. The maximum atomic E-state index is 13.0. The Bertz CT molecular complexity index is 1150. The number of hydrogen-bond acceptors (Lipinski definition) is 7. The molecule has 1 aliphatic rings. The maximum absolute atomic E-state index is 13.0. The highest BCUT2D eigenvalue weighted by molar-refractivity contribution is 5.97. The van der Waals surface area contributed by atoms with Crippen molar-refractivity contribution >= 4 is 28.4 Å². The lowest BCUT2D eigenvalue weighted by Gasteiger charge is -2.26. The van der Waals surface area contributed by atoms with Crippen LogP contribution in [0.25, 0.3) is 10.9 Å². The number of carbonyl (C=O) groups excluding carboxylic acids is 2. The molecule has 0 bridgehead atoms. The molecule has 3 heterocycles. The van der Waals surface area contributed by atoms with Crippen molar-refractivity contribution in [2.24, 2.45) is 0 Å². The second-order valence-corrected chi connectivity index (χ2v) is 8.33. The van der Waals surface area contributed by atoms with Crippen molar-refractivity contribution in [2.45, 2.75) is 32.7 Å². The van der Waals surface area contributed by atoms with Crippen LogP contribution in [0.5, 0.6) is 5.75 Å². The molecular weight excluding hydrogens is 434 g/mol. The second-order valence-electron chi connectivity index (χ2n) is 8.33. The molecule has 1 N–H and O–H groups in total. The van der Waals surface area contributed by atoms with Crippen LogP contribution in [0, 0.1) is 0 Å². The highest BCUT2D eigenvalue weighted by Gasteiger charge is 2.19. The summed E-state index contributed by atoms with van der Waals surface area (Å²) in [6.45, 7) is 5.44. The van der Waals surface area contributed by atoms with Crippen molar-refractivity contribution in [1.82, 2.24) is 19.7 Å². The highest BCUT2D eigenvalue weighted by Crippen LogP contribution is 2.26. The van der Waals surface area contributed by atoms with Crippen molar-refractivity contribution in [2.75, 3.05) is 45.3 Å². The summed E-state index contributed by atoms with van der Waals surface area (Å²) in [6.07, 6.45) is 4.12. The first-order chi connectivity index (χ1) is 16.6. The first kappa shape index (κ1) is 23.7. The quantitative estimate of drug-likeness (QED) is 0.363. The number of carbonyl (C=O) groups is 2. The van der Waals surface area contributed by atoms with E-state index >= 15 is 0 Å². The molecule has 2 aromatic heterocycles. The van der Waals surface area contributed by atoms with Crippen LogP contribution in [0.2, 0.25) is 0 Å². The fourth-order valence-electron chi connectivity index (χ4n) is 3.96. The van der Waals surface area contributed by atoms with Crippen LogP contribution < -0.4 is 10.1 Å². The largest absolute Gasteiger partial charge is 0.496 e. The van der Waals surface area contributed by atoms with E-state index < -0.39 is 0 Å². The molecule has 0 saturated carbocycles. The van der Waals surface area contributed by atoms with Crippen molar-refractivity contribution < 1.29 is 19.1 Å². The molecule has 0 radical (unpaired) electrons. The fraction of sp³-hybridized carbons (Fsp3) is 0.440. The number of pyridine rings is 1. The average molecular weight is 466 g/mol. The highest BCUT2D eigenvalue weighted by atomic mass is 16.5. The van der Waals surface area contributed by atoms with Gasteiger partial charge in [0.25, 0.3) is 0 Å². The molecule has 0 unspecified atom stereocenters. The van der Waals surface area contributed by atoms with Crippen molar-refractivity contribution in [3.8, 4) is 5.75 Å². The monoisotopic (exact) mass is 465 g/mol. The Morgan fingerprint density at radius 3 is 2.79 bits per heavy atom. The SMILES string of the molecule is CCCCNc1cccc(C(=O)Cc2cc3cn(CC(=O)N4CCOCC4)nc3cc2OC)n1. The lowest BCUT2D eigenvalue weighted by molar-refractivity contribution is -0.136. The minimum Gasteiger partial charge on any atom is -0.496 e. The van der Waals surface area contributed by atoms with E-state index in [1.807, 2.05) is 30.5 Å². The van der Waals surface area contributed by atoms with Gasteiger partial charge in [0.15, 0.2) is 5.78 Å². The molecule has 1 aliphatic heterocycles. The van der Waals surface area contributed by atoms with Gasteiger partial charge in [0.05, 0.1) is 25.8 Å². The van der Waals surface area contributed by atoms with Gasteiger partial charge in [-0.3, -0.25) is 14.3 Å². The standard InChI is InChI=1S/C25H31N5O4/c1-3-4-8-26-24-7-5-6-20(27-24)22(31)14-18-13-19-16-30(28-21(19)15-23(18)33-2)17-25(32)29-9-11-34-12-10-29/h5-7,13,15-16H,3-4,8-12,14,17H2,1-2H3,(H,26,27). The number of Topliss-reactive ketones (excluding diaryl/α,β-unsaturated/α-hetero) is 1. The van der Waals surface area contributed by atoms with E-state index in [1.165, 1.54) is 0 Å². The van der Waals surface area contributed by atoms with E-state index in [4.69, 9.17) is 9.47 Å². The number of aromatic nitrogens is 3. The van der Waals surface area contributed by atoms with Crippen LogP contribution in [-0.4, -0.2) is 71.3 Å². The number of ketones is 1. The first-order valence-corrected chi connectivity index (χ1v) is 11.7. The van der Waals surface area contributed by atoms with E-state index in [-0.39, 0.29) is 24.7 Å². The van der Waals surface area contributed by atoms with E-state index in [1.54, 1.807) is 22.8 Å². The molecule has 34 heavy (non-hydrogen) atoms. The fourth-order valence-corrected chi connectivity index (χ4v) is 3.96. The van der Waals surface area contributed by atoms with Crippen LogP contribution in [0.4, 0.5) is 5.82 Å². The van der Waals surface area contributed by atoms with E-state index in [0.717, 1.165) is 30.3 Å². The Morgan fingerprint density at radius 1 is 1.21 bits per heavy atom. The van der Waals surface area contributed by atoms with Gasteiger partial charge in [0, 0.05) is 49.3 Å². The van der Waals surface area contributed by atoms with Crippen LogP contribution in [-0.2, 0) is 22.5 Å². The summed E-state index contributed by atoms with van der Waals surface area (Å²) >= 11 is 0. The van der Waals surface area contributed by atoms with Crippen molar-refractivity contribution in [3.63, 3.8) is 0 Å². The number of amides is 1. The number of morpholine rings is 1. The van der Waals surface area contributed by atoms with Crippen LogP contribution in [0.1, 0.15) is 35.8 Å². The number of ether oxygens (including phenoxy) is 2. The van der Waals surface area contributed by atoms with E-state index in [2.05, 4.69) is 22.3 Å². The zero-order chi connectivity index (χ0) is 23.9. The lowest BCUT2D eigenvalue weighted by atomic mass is 10.0. The molecule has 1 saturated heterocycles. The molecule has 0 aliphatic carbocycles. The number of rotatable bonds is 10. The number of methoxy groups -OCH3 is 1. The topological polar surface area (TPSA) is 98.6 Å². The van der Waals surface area contributed by atoms with Gasteiger partial charge in [-0.05, 0) is 24.6 Å². The lowest BCUT2D eigenvalue weighted by Crippen LogP contribution is -2.42. The number of anilines is 1. The molecule has 0 atom stereocenters. The van der Waals surface area contributed by atoms with Crippen molar-refractivity contribution in [3.05, 3.63) is 47.8 Å². The zero-order valence-electron chi connectivity index (χ0n) is 19.7. The Labute approximate surface area is 199 Å². The average Bonchev–Trinajstić information content (AvgIpc) is 3.25. The van der Waals surface area contributed by atoms with Gasteiger partial charge in [-0.1, -0.05) is 19.4 Å². The Kier molecular flexibility index (Phi) is 7.74.